The van der Waals surface area contributed by atoms with E-state index in [-0.39, 0.29) is 0 Å². The van der Waals surface area contributed by atoms with Gasteiger partial charge >= 0.3 is 0 Å². The molecule has 0 aliphatic rings. The summed E-state index contributed by atoms with van der Waals surface area (Å²) in [4.78, 5) is 0. The fourth-order valence-electron chi connectivity index (χ4n) is 1.34. The van der Waals surface area contributed by atoms with Crippen molar-refractivity contribution in [3.05, 3.63) is 39.3 Å². The topological polar surface area (TPSA) is 35.0 Å². The van der Waals surface area contributed by atoms with Crippen molar-refractivity contribution in [3.63, 3.8) is 0 Å². The second-order valence-corrected chi connectivity index (χ2v) is 5.59. The largest absolute Gasteiger partial charge is 0.486 e. The van der Waals surface area contributed by atoms with E-state index in [1.54, 1.807) is 23.5 Å². The Morgan fingerprint density at radius 1 is 1.11 bits per heavy atom. The average Bonchev–Trinajstić information content (AvgIpc) is 2.84. The third-order valence-corrected chi connectivity index (χ3v) is 3.68. The molecule has 0 bridgehead atoms. The Hall–Kier alpha value is -0.840. The maximum absolute atomic E-state index is 5.79. The molecule has 0 fully saturated rings. The molecule has 0 unspecified atom stereocenters. The first kappa shape index (κ1) is 13.6. The van der Waals surface area contributed by atoms with Gasteiger partial charge in [0.1, 0.15) is 17.4 Å². The van der Waals surface area contributed by atoms with Crippen molar-refractivity contribution >= 4 is 34.5 Å². The Morgan fingerprint density at radius 3 is 2.56 bits per heavy atom. The van der Waals surface area contributed by atoms with Crippen LogP contribution >= 0.6 is 34.5 Å². The van der Waals surface area contributed by atoms with E-state index >= 15 is 0 Å². The summed E-state index contributed by atoms with van der Waals surface area (Å²) in [5.74, 6) is 1.42. The van der Waals surface area contributed by atoms with Crippen LogP contribution in [0.4, 0.5) is 0 Å². The monoisotopic (exact) mass is 302 g/mol. The number of hydrogen-bond acceptors (Lipinski definition) is 4. The van der Waals surface area contributed by atoms with Crippen molar-refractivity contribution in [3.8, 4) is 5.75 Å². The summed E-state index contributed by atoms with van der Waals surface area (Å²) in [7, 11) is 0. The van der Waals surface area contributed by atoms with Crippen LogP contribution in [0, 0.1) is 0 Å². The number of aromatic nitrogens is 2. The van der Waals surface area contributed by atoms with Crippen LogP contribution in [0.3, 0.4) is 0 Å². The molecule has 1 aromatic heterocycles. The number of aryl methyl sites for hydroxylation is 1. The van der Waals surface area contributed by atoms with Crippen LogP contribution in [-0.2, 0) is 13.0 Å². The van der Waals surface area contributed by atoms with Gasteiger partial charge in [-0.15, -0.1) is 21.8 Å². The van der Waals surface area contributed by atoms with Gasteiger partial charge in [-0.05, 0) is 30.7 Å². The van der Waals surface area contributed by atoms with E-state index in [4.69, 9.17) is 27.9 Å². The van der Waals surface area contributed by atoms with E-state index in [1.165, 1.54) is 0 Å². The number of alkyl halides is 1. The summed E-state index contributed by atoms with van der Waals surface area (Å²) in [5.41, 5.74) is 0. The molecule has 6 heteroatoms. The molecule has 0 aliphatic heterocycles. The molecular formula is C12H12Cl2N2OS. The highest BCUT2D eigenvalue weighted by molar-refractivity contribution is 7.11. The zero-order chi connectivity index (χ0) is 12.8. The number of rotatable bonds is 6. The van der Waals surface area contributed by atoms with Crippen LogP contribution < -0.4 is 4.74 Å². The third-order valence-electron chi connectivity index (χ3n) is 2.21. The number of benzene rings is 1. The Morgan fingerprint density at radius 2 is 1.83 bits per heavy atom. The highest BCUT2D eigenvalue weighted by atomic mass is 35.5. The van der Waals surface area contributed by atoms with E-state index in [0.717, 1.165) is 28.6 Å². The van der Waals surface area contributed by atoms with E-state index in [2.05, 4.69) is 10.2 Å². The van der Waals surface area contributed by atoms with Crippen molar-refractivity contribution in [2.24, 2.45) is 0 Å². The molecule has 0 amide bonds. The Labute approximate surface area is 120 Å². The molecule has 3 nitrogen and oxygen atoms in total. The van der Waals surface area contributed by atoms with Crippen LogP contribution in [0.1, 0.15) is 16.4 Å². The second-order valence-electron chi connectivity index (χ2n) is 3.62. The summed E-state index contributed by atoms with van der Waals surface area (Å²) < 4.78 is 5.59. The van der Waals surface area contributed by atoms with E-state index in [0.29, 0.717) is 17.5 Å². The molecule has 2 aromatic rings. The fourth-order valence-corrected chi connectivity index (χ4v) is 2.40. The number of nitrogens with zero attached hydrogens (tertiary/aromatic N) is 2. The molecule has 0 saturated carbocycles. The van der Waals surface area contributed by atoms with Crippen molar-refractivity contribution in [1.29, 1.82) is 0 Å². The van der Waals surface area contributed by atoms with Gasteiger partial charge in [-0.25, -0.2) is 0 Å². The fraction of sp³-hybridized carbons (Fsp3) is 0.333. The second kappa shape index (κ2) is 6.92. The zero-order valence-corrected chi connectivity index (χ0v) is 11.9. The molecule has 0 radical (unpaired) electrons. The van der Waals surface area contributed by atoms with Gasteiger partial charge in [-0.3, -0.25) is 0 Å². The minimum atomic E-state index is 0.431. The first-order valence-electron chi connectivity index (χ1n) is 5.53. The smallest absolute Gasteiger partial charge is 0.155 e. The average molecular weight is 303 g/mol. The van der Waals surface area contributed by atoms with Crippen LogP contribution in [0.15, 0.2) is 24.3 Å². The highest BCUT2D eigenvalue weighted by Crippen LogP contribution is 2.18. The molecule has 1 heterocycles. The van der Waals surface area contributed by atoms with Gasteiger partial charge in [-0.2, -0.15) is 0 Å². The Kier molecular flexibility index (Phi) is 5.23. The predicted octanol–water partition coefficient (Wildman–Crippen LogP) is 3.94. The standard InChI is InChI=1S/C12H12Cl2N2OS/c13-7-1-2-11-15-16-12(18-11)8-17-10-5-3-9(14)4-6-10/h3-6H,1-2,7-8H2. The molecule has 1 aromatic carbocycles. The molecular weight excluding hydrogens is 291 g/mol. The number of hydrogen-bond donors (Lipinski definition) is 0. The maximum Gasteiger partial charge on any atom is 0.155 e. The summed E-state index contributed by atoms with van der Waals surface area (Å²) in [6.45, 7) is 0.431. The normalized spacial score (nSPS) is 10.6. The lowest BCUT2D eigenvalue weighted by Crippen LogP contribution is -1.94. The molecule has 96 valence electrons. The number of ether oxygens (including phenoxy) is 1. The van der Waals surface area contributed by atoms with Crippen molar-refractivity contribution < 1.29 is 4.74 Å². The lowest BCUT2D eigenvalue weighted by atomic mass is 10.3. The molecule has 18 heavy (non-hydrogen) atoms. The highest BCUT2D eigenvalue weighted by Gasteiger charge is 2.04. The molecule has 2 rings (SSSR count). The summed E-state index contributed by atoms with van der Waals surface area (Å²) >= 11 is 13.0. The van der Waals surface area contributed by atoms with E-state index in [1.807, 2.05) is 12.1 Å². The van der Waals surface area contributed by atoms with Gasteiger partial charge < -0.3 is 4.74 Å². The van der Waals surface area contributed by atoms with Crippen LogP contribution in [-0.4, -0.2) is 16.1 Å². The Bertz CT molecular complexity index is 487. The van der Waals surface area contributed by atoms with Gasteiger partial charge in [-0.1, -0.05) is 22.9 Å². The third kappa shape index (κ3) is 4.12. The predicted molar refractivity (Wildman–Crippen MR) is 74.7 cm³/mol. The maximum atomic E-state index is 5.79. The van der Waals surface area contributed by atoms with Gasteiger partial charge in [0.25, 0.3) is 0 Å². The summed E-state index contributed by atoms with van der Waals surface area (Å²) in [6, 6.07) is 7.25. The minimum Gasteiger partial charge on any atom is -0.486 e. The van der Waals surface area contributed by atoms with Gasteiger partial charge in [0, 0.05) is 17.3 Å². The van der Waals surface area contributed by atoms with Crippen LogP contribution in [0.25, 0.3) is 0 Å². The Balaban J connectivity index is 1.86. The van der Waals surface area contributed by atoms with Crippen LogP contribution in [0.2, 0.25) is 5.02 Å². The van der Waals surface area contributed by atoms with Gasteiger partial charge in [0.15, 0.2) is 5.01 Å². The summed E-state index contributed by atoms with van der Waals surface area (Å²) in [6.07, 6.45) is 1.80. The van der Waals surface area contributed by atoms with Crippen molar-refractivity contribution in [2.45, 2.75) is 19.4 Å². The quantitative estimate of drug-likeness (QED) is 0.758. The first-order chi connectivity index (χ1) is 8.78. The molecule has 0 atom stereocenters. The van der Waals surface area contributed by atoms with Gasteiger partial charge in [0.05, 0.1) is 0 Å². The van der Waals surface area contributed by atoms with Crippen molar-refractivity contribution in [1.82, 2.24) is 10.2 Å². The molecule has 0 spiro atoms. The first-order valence-corrected chi connectivity index (χ1v) is 7.26. The van der Waals surface area contributed by atoms with Crippen molar-refractivity contribution in [2.75, 3.05) is 5.88 Å². The molecule has 0 aliphatic carbocycles. The van der Waals surface area contributed by atoms with Gasteiger partial charge in [0.2, 0.25) is 0 Å². The van der Waals surface area contributed by atoms with E-state index < -0.39 is 0 Å². The molecule has 0 N–H and O–H groups in total. The SMILES string of the molecule is ClCCCc1nnc(COc2ccc(Cl)cc2)s1. The van der Waals surface area contributed by atoms with E-state index in [9.17, 15) is 0 Å². The summed E-state index contributed by atoms with van der Waals surface area (Å²) in [5, 5.41) is 10.7. The lowest BCUT2D eigenvalue weighted by molar-refractivity contribution is 0.304. The molecule has 0 saturated heterocycles. The lowest BCUT2D eigenvalue weighted by Gasteiger charge is -2.02. The van der Waals surface area contributed by atoms with Crippen LogP contribution in [0.5, 0.6) is 5.75 Å². The number of halogens is 2. The minimum absolute atomic E-state index is 0.431. The zero-order valence-electron chi connectivity index (χ0n) is 9.60.